The number of anilines is 1. The topological polar surface area (TPSA) is 118 Å². The van der Waals surface area contributed by atoms with E-state index in [0.29, 0.717) is 12.2 Å². The van der Waals surface area contributed by atoms with Crippen molar-refractivity contribution in [2.75, 3.05) is 25.6 Å². The average molecular weight is 435 g/mol. The van der Waals surface area contributed by atoms with E-state index in [1.165, 1.54) is 6.33 Å². The van der Waals surface area contributed by atoms with E-state index in [1.54, 1.807) is 24.2 Å². The van der Waals surface area contributed by atoms with Crippen LogP contribution in [0.25, 0.3) is 22.3 Å². The van der Waals surface area contributed by atoms with Gasteiger partial charge in [0.25, 0.3) is 0 Å². The summed E-state index contributed by atoms with van der Waals surface area (Å²) in [5, 5.41) is 27.2. The molecular weight excluding hydrogens is 408 g/mol. The van der Waals surface area contributed by atoms with Crippen molar-refractivity contribution in [2.24, 2.45) is 0 Å². The number of benzene rings is 1. The van der Waals surface area contributed by atoms with Crippen LogP contribution in [0.4, 0.5) is 5.82 Å². The zero-order chi connectivity index (χ0) is 22.5. The Morgan fingerprint density at radius 3 is 2.78 bits per heavy atom. The number of nitrogens with zero attached hydrogens (tertiary/aromatic N) is 5. The second-order valence-electron chi connectivity index (χ2n) is 7.61. The SMILES string of the molecule is COc1ccccc1C(C)CNc1cc(-c2cnc3c(cnn3CC(O)CO)c2)ncn1. The minimum atomic E-state index is -0.881. The number of fused-ring (bicyclic) bond motifs is 1. The maximum Gasteiger partial charge on any atom is 0.157 e. The van der Waals surface area contributed by atoms with Gasteiger partial charge in [-0.25, -0.2) is 19.6 Å². The highest BCUT2D eigenvalue weighted by molar-refractivity contribution is 5.80. The fraction of sp³-hybridized carbons (Fsp3) is 0.304. The van der Waals surface area contributed by atoms with Crippen molar-refractivity contribution in [2.45, 2.75) is 25.5 Å². The van der Waals surface area contributed by atoms with Crippen LogP contribution in [0.3, 0.4) is 0 Å². The first-order valence-electron chi connectivity index (χ1n) is 10.4. The predicted molar refractivity (Wildman–Crippen MR) is 122 cm³/mol. The van der Waals surface area contributed by atoms with Crippen LogP contribution in [0, 0.1) is 0 Å². The van der Waals surface area contributed by atoms with E-state index in [1.807, 2.05) is 30.3 Å². The lowest BCUT2D eigenvalue weighted by Gasteiger charge is -2.16. The zero-order valence-corrected chi connectivity index (χ0v) is 18.0. The number of hydrogen-bond donors (Lipinski definition) is 3. The van der Waals surface area contributed by atoms with Gasteiger partial charge in [0.15, 0.2) is 5.65 Å². The van der Waals surface area contributed by atoms with Gasteiger partial charge >= 0.3 is 0 Å². The smallest absolute Gasteiger partial charge is 0.157 e. The highest BCUT2D eigenvalue weighted by Gasteiger charge is 2.13. The van der Waals surface area contributed by atoms with Gasteiger partial charge in [0, 0.05) is 35.7 Å². The third kappa shape index (κ3) is 4.68. The maximum absolute atomic E-state index is 9.67. The molecule has 9 nitrogen and oxygen atoms in total. The van der Waals surface area contributed by atoms with E-state index in [-0.39, 0.29) is 19.1 Å². The first-order chi connectivity index (χ1) is 15.6. The summed E-state index contributed by atoms with van der Waals surface area (Å²) in [7, 11) is 1.68. The second-order valence-corrected chi connectivity index (χ2v) is 7.61. The Balaban J connectivity index is 1.49. The first kappa shape index (κ1) is 21.7. The Labute approximate surface area is 185 Å². The van der Waals surface area contributed by atoms with Gasteiger partial charge in [0.1, 0.15) is 17.9 Å². The van der Waals surface area contributed by atoms with Crippen LogP contribution >= 0.6 is 0 Å². The van der Waals surface area contributed by atoms with E-state index in [0.717, 1.165) is 33.8 Å². The lowest BCUT2D eigenvalue weighted by atomic mass is 10.00. The summed E-state index contributed by atoms with van der Waals surface area (Å²) in [5.41, 5.74) is 3.35. The summed E-state index contributed by atoms with van der Waals surface area (Å²) in [6, 6.07) is 11.8. The standard InChI is InChI=1S/C23H26N6O3/c1-15(19-5-3-4-6-21(19)32-2)9-24-22-8-20(26-14-27-22)16-7-17-11-28-29(12-18(31)13-30)23(17)25-10-16/h3-8,10-11,14-15,18,30-31H,9,12-13H2,1-2H3,(H,24,26,27). The Morgan fingerprint density at radius 2 is 1.97 bits per heavy atom. The molecule has 0 saturated heterocycles. The quantitative estimate of drug-likeness (QED) is 0.368. The van der Waals surface area contributed by atoms with Gasteiger partial charge in [-0.1, -0.05) is 25.1 Å². The summed E-state index contributed by atoms with van der Waals surface area (Å²) in [6.45, 7) is 2.67. The molecule has 0 saturated carbocycles. The molecule has 3 heterocycles. The number of nitrogens with one attached hydrogen (secondary N) is 1. The van der Waals surface area contributed by atoms with Crippen molar-refractivity contribution in [1.82, 2.24) is 24.7 Å². The van der Waals surface area contributed by atoms with Crippen LogP contribution in [0.2, 0.25) is 0 Å². The number of para-hydroxylation sites is 1. The molecule has 2 atom stereocenters. The second kappa shape index (κ2) is 9.71. The first-order valence-corrected chi connectivity index (χ1v) is 10.4. The molecule has 0 aliphatic rings. The molecule has 2 unspecified atom stereocenters. The summed E-state index contributed by atoms with van der Waals surface area (Å²) >= 11 is 0. The van der Waals surface area contributed by atoms with Crippen molar-refractivity contribution in [1.29, 1.82) is 0 Å². The van der Waals surface area contributed by atoms with Crippen LogP contribution in [0.5, 0.6) is 5.75 Å². The van der Waals surface area contributed by atoms with Crippen molar-refractivity contribution >= 4 is 16.9 Å². The molecule has 3 aromatic heterocycles. The summed E-state index contributed by atoms with van der Waals surface area (Å²) < 4.78 is 7.04. The Morgan fingerprint density at radius 1 is 1.12 bits per heavy atom. The molecule has 4 rings (SSSR count). The summed E-state index contributed by atoms with van der Waals surface area (Å²) in [5.74, 6) is 1.82. The number of hydrogen-bond acceptors (Lipinski definition) is 8. The van der Waals surface area contributed by atoms with E-state index in [2.05, 4.69) is 38.4 Å². The number of aliphatic hydroxyl groups is 2. The fourth-order valence-corrected chi connectivity index (χ4v) is 3.56. The lowest BCUT2D eigenvalue weighted by molar-refractivity contribution is 0.0792. The van der Waals surface area contributed by atoms with Gasteiger partial charge < -0.3 is 20.3 Å². The Hall–Kier alpha value is -3.56. The summed E-state index contributed by atoms with van der Waals surface area (Å²) in [6.07, 6.45) is 4.05. The number of aliphatic hydroxyl groups excluding tert-OH is 2. The summed E-state index contributed by atoms with van der Waals surface area (Å²) in [4.78, 5) is 13.2. The van der Waals surface area contributed by atoms with E-state index < -0.39 is 6.10 Å². The molecule has 0 aliphatic carbocycles. The molecule has 3 N–H and O–H groups in total. The van der Waals surface area contributed by atoms with Crippen LogP contribution in [-0.2, 0) is 6.54 Å². The van der Waals surface area contributed by atoms with Gasteiger partial charge in [-0.15, -0.1) is 0 Å². The van der Waals surface area contributed by atoms with E-state index >= 15 is 0 Å². The lowest BCUT2D eigenvalue weighted by Crippen LogP contribution is -2.20. The molecule has 0 fully saturated rings. The average Bonchev–Trinajstić information content (AvgIpc) is 3.24. The minimum absolute atomic E-state index is 0.179. The molecule has 9 heteroatoms. The predicted octanol–water partition coefficient (Wildman–Crippen LogP) is 2.47. The third-order valence-corrected chi connectivity index (χ3v) is 5.29. The highest BCUT2D eigenvalue weighted by Crippen LogP contribution is 2.27. The normalized spacial score (nSPS) is 13.1. The number of rotatable bonds is 9. The van der Waals surface area contributed by atoms with Gasteiger partial charge in [-0.05, 0) is 17.7 Å². The molecule has 32 heavy (non-hydrogen) atoms. The highest BCUT2D eigenvalue weighted by atomic mass is 16.5. The monoisotopic (exact) mass is 434 g/mol. The number of aromatic nitrogens is 5. The number of pyridine rings is 1. The molecular formula is C23H26N6O3. The molecule has 0 aliphatic heterocycles. The Kier molecular flexibility index (Phi) is 6.58. The fourth-order valence-electron chi connectivity index (χ4n) is 3.56. The molecule has 0 radical (unpaired) electrons. The molecule has 0 bridgehead atoms. The van der Waals surface area contributed by atoms with Crippen LogP contribution in [0.1, 0.15) is 18.4 Å². The minimum Gasteiger partial charge on any atom is -0.496 e. The van der Waals surface area contributed by atoms with Crippen molar-refractivity contribution in [3.8, 4) is 17.0 Å². The largest absolute Gasteiger partial charge is 0.496 e. The van der Waals surface area contributed by atoms with Gasteiger partial charge in [-0.2, -0.15) is 5.10 Å². The van der Waals surface area contributed by atoms with Crippen LogP contribution in [-0.4, -0.2) is 61.3 Å². The molecule has 1 aromatic carbocycles. The van der Waals surface area contributed by atoms with Gasteiger partial charge in [0.05, 0.1) is 38.3 Å². The maximum atomic E-state index is 9.67. The number of methoxy groups -OCH3 is 1. The van der Waals surface area contributed by atoms with Gasteiger partial charge in [0.2, 0.25) is 0 Å². The van der Waals surface area contributed by atoms with Crippen molar-refractivity contribution in [3.63, 3.8) is 0 Å². The van der Waals surface area contributed by atoms with Crippen molar-refractivity contribution < 1.29 is 14.9 Å². The van der Waals surface area contributed by atoms with Crippen LogP contribution in [0.15, 0.2) is 55.1 Å². The molecule has 4 aromatic rings. The molecule has 166 valence electrons. The van der Waals surface area contributed by atoms with E-state index in [9.17, 15) is 5.11 Å². The zero-order valence-electron chi connectivity index (χ0n) is 18.0. The number of ether oxygens (including phenoxy) is 1. The third-order valence-electron chi connectivity index (χ3n) is 5.29. The Bertz CT molecular complexity index is 1200. The van der Waals surface area contributed by atoms with Crippen LogP contribution < -0.4 is 10.1 Å². The van der Waals surface area contributed by atoms with Crippen molar-refractivity contribution in [3.05, 3.63) is 60.7 Å². The van der Waals surface area contributed by atoms with E-state index in [4.69, 9.17) is 9.84 Å². The molecule has 0 amide bonds. The molecule has 0 spiro atoms. The van der Waals surface area contributed by atoms with Gasteiger partial charge in [-0.3, -0.25) is 0 Å².